The zero-order valence-electron chi connectivity index (χ0n) is 16.5. The largest absolute Gasteiger partial charge is 0.452 e. The van der Waals surface area contributed by atoms with E-state index in [-0.39, 0.29) is 27.8 Å². The number of carbonyl (C=O) groups is 3. The molecule has 2 aromatic rings. The standard InChI is InChI=1S/C21H21ClN2O6/c1-3-6-13(2)23-19(25)12-30-21(27)16-8-5-4-7-15(16)20(26)14-9-10-17(22)18(11-14)24(28)29/h4-5,7-11,13H,3,6,12H2,1-2H3,(H,23,25)/t13-/m0/s1. The third kappa shape index (κ3) is 5.87. The summed E-state index contributed by atoms with van der Waals surface area (Å²) in [5.74, 6) is -1.90. The second-order valence-corrected chi connectivity index (χ2v) is 7.04. The fraction of sp³-hybridized carbons (Fsp3) is 0.286. The summed E-state index contributed by atoms with van der Waals surface area (Å²) in [6.07, 6.45) is 1.70. The molecular weight excluding hydrogens is 412 g/mol. The number of nitro groups is 1. The number of hydrogen-bond acceptors (Lipinski definition) is 6. The van der Waals surface area contributed by atoms with Crippen molar-refractivity contribution in [2.24, 2.45) is 0 Å². The van der Waals surface area contributed by atoms with E-state index in [0.717, 1.165) is 18.9 Å². The molecule has 0 fully saturated rings. The van der Waals surface area contributed by atoms with Gasteiger partial charge >= 0.3 is 5.97 Å². The molecule has 1 atom stereocenters. The Morgan fingerprint density at radius 3 is 2.47 bits per heavy atom. The maximum Gasteiger partial charge on any atom is 0.339 e. The molecule has 30 heavy (non-hydrogen) atoms. The number of benzene rings is 2. The topological polar surface area (TPSA) is 116 Å². The molecule has 0 aliphatic heterocycles. The van der Waals surface area contributed by atoms with Crippen LogP contribution in [0.3, 0.4) is 0 Å². The van der Waals surface area contributed by atoms with Crippen LogP contribution in [0.1, 0.15) is 53.0 Å². The molecule has 1 amide bonds. The molecule has 0 aliphatic carbocycles. The SMILES string of the molecule is CCC[C@H](C)NC(=O)COC(=O)c1ccccc1C(=O)c1ccc(Cl)c([N+](=O)[O-])c1. The molecule has 0 spiro atoms. The maximum atomic E-state index is 12.9. The second-order valence-electron chi connectivity index (χ2n) is 6.63. The van der Waals surface area contributed by atoms with Gasteiger partial charge in [-0.2, -0.15) is 0 Å². The number of halogens is 1. The summed E-state index contributed by atoms with van der Waals surface area (Å²) in [6, 6.07) is 9.47. The van der Waals surface area contributed by atoms with E-state index >= 15 is 0 Å². The molecule has 1 N–H and O–H groups in total. The summed E-state index contributed by atoms with van der Waals surface area (Å²) in [5.41, 5.74) is -0.466. The lowest BCUT2D eigenvalue weighted by Gasteiger charge is -2.13. The van der Waals surface area contributed by atoms with E-state index in [1.54, 1.807) is 12.1 Å². The zero-order chi connectivity index (χ0) is 22.3. The van der Waals surface area contributed by atoms with Gasteiger partial charge < -0.3 is 10.1 Å². The average Bonchev–Trinajstić information content (AvgIpc) is 2.71. The van der Waals surface area contributed by atoms with Crippen LogP contribution in [-0.4, -0.2) is 35.2 Å². The van der Waals surface area contributed by atoms with E-state index in [2.05, 4.69) is 5.32 Å². The third-order valence-corrected chi connectivity index (χ3v) is 4.58. The lowest BCUT2D eigenvalue weighted by Crippen LogP contribution is -2.35. The van der Waals surface area contributed by atoms with Crippen molar-refractivity contribution in [3.8, 4) is 0 Å². The number of nitrogens with one attached hydrogen (secondary N) is 1. The molecule has 0 unspecified atom stereocenters. The first-order valence-electron chi connectivity index (χ1n) is 9.28. The molecular formula is C21H21ClN2O6. The number of esters is 1. The molecule has 0 saturated heterocycles. The summed E-state index contributed by atoms with van der Waals surface area (Å²) in [5, 5.41) is 13.7. The molecule has 0 saturated carbocycles. The van der Waals surface area contributed by atoms with Gasteiger partial charge in [0, 0.05) is 23.2 Å². The minimum atomic E-state index is -0.847. The van der Waals surface area contributed by atoms with Gasteiger partial charge in [-0.1, -0.05) is 43.1 Å². The van der Waals surface area contributed by atoms with Crippen LogP contribution in [0.2, 0.25) is 5.02 Å². The van der Waals surface area contributed by atoms with E-state index < -0.39 is 34.9 Å². The molecule has 0 heterocycles. The van der Waals surface area contributed by atoms with E-state index in [1.807, 2.05) is 13.8 Å². The number of nitro benzene ring substituents is 1. The van der Waals surface area contributed by atoms with E-state index in [9.17, 15) is 24.5 Å². The second kappa shape index (κ2) is 10.5. The number of ether oxygens (including phenoxy) is 1. The van der Waals surface area contributed by atoms with E-state index in [1.165, 1.54) is 24.3 Å². The van der Waals surface area contributed by atoms with E-state index in [4.69, 9.17) is 16.3 Å². The van der Waals surface area contributed by atoms with Crippen molar-refractivity contribution in [1.29, 1.82) is 0 Å². The number of amides is 1. The predicted octanol–water partition coefficient (Wildman–Crippen LogP) is 3.94. The van der Waals surface area contributed by atoms with Gasteiger partial charge in [-0.25, -0.2) is 4.79 Å². The van der Waals surface area contributed by atoms with Crippen LogP contribution in [0, 0.1) is 10.1 Å². The highest BCUT2D eigenvalue weighted by Gasteiger charge is 2.22. The van der Waals surface area contributed by atoms with Crippen molar-refractivity contribution in [2.45, 2.75) is 32.7 Å². The Morgan fingerprint density at radius 1 is 1.17 bits per heavy atom. The summed E-state index contributed by atoms with van der Waals surface area (Å²) in [7, 11) is 0. The summed E-state index contributed by atoms with van der Waals surface area (Å²) >= 11 is 5.79. The molecule has 0 aliphatic rings. The van der Waals surface area contributed by atoms with Crippen LogP contribution in [0.5, 0.6) is 0 Å². The van der Waals surface area contributed by atoms with Gasteiger partial charge in [0.2, 0.25) is 0 Å². The zero-order valence-corrected chi connectivity index (χ0v) is 17.3. The lowest BCUT2D eigenvalue weighted by molar-refractivity contribution is -0.384. The highest BCUT2D eigenvalue weighted by molar-refractivity contribution is 6.33. The lowest BCUT2D eigenvalue weighted by atomic mass is 9.98. The minimum Gasteiger partial charge on any atom is -0.452 e. The van der Waals surface area contributed by atoms with Crippen LogP contribution in [-0.2, 0) is 9.53 Å². The van der Waals surface area contributed by atoms with Crippen LogP contribution >= 0.6 is 11.6 Å². The van der Waals surface area contributed by atoms with Gasteiger partial charge in [0.05, 0.1) is 10.5 Å². The Hall–Kier alpha value is -3.26. The van der Waals surface area contributed by atoms with Crippen LogP contribution in [0.4, 0.5) is 5.69 Å². The van der Waals surface area contributed by atoms with Crippen molar-refractivity contribution < 1.29 is 24.0 Å². The van der Waals surface area contributed by atoms with Gasteiger partial charge in [-0.05, 0) is 31.5 Å². The fourth-order valence-electron chi connectivity index (χ4n) is 2.84. The Bertz CT molecular complexity index is 976. The highest BCUT2D eigenvalue weighted by Crippen LogP contribution is 2.27. The number of ketones is 1. The highest BCUT2D eigenvalue weighted by atomic mass is 35.5. The van der Waals surface area contributed by atoms with Gasteiger partial charge in [0.15, 0.2) is 12.4 Å². The fourth-order valence-corrected chi connectivity index (χ4v) is 3.03. The molecule has 0 aromatic heterocycles. The van der Waals surface area contributed by atoms with Crippen molar-refractivity contribution in [3.63, 3.8) is 0 Å². The molecule has 9 heteroatoms. The normalized spacial score (nSPS) is 11.4. The molecule has 0 radical (unpaired) electrons. The monoisotopic (exact) mass is 432 g/mol. The molecule has 0 bridgehead atoms. The van der Waals surface area contributed by atoms with E-state index in [0.29, 0.717) is 0 Å². The first kappa shape index (κ1) is 23.0. The quantitative estimate of drug-likeness (QED) is 0.277. The molecule has 8 nitrogen and oxygen atoms in total. The Kier molecular flexibility index (Phi) is 8.06. The van der Waals surface area contributed by atoms with Gasteiger partial charge in [-0.15, -0.1) is 0 Å². The van der Waals surface area contributed by atoms with Crippen molar-refractivity contribution in [1.82, 2.24) is 5.32 Å². The van der Waals surface area contributed by atoms with Crippen molar-refractivity contribution in [3.05, 3.63) is 74.3 Å². The van der Waals surface area contributed by atoms with Gasteiger partial charge in [0.1, 0.15) is 5.02 Å². The summed E-state index contributed by atoms with van der Waals surface area (Å²) in [4.78, 5) is 47.6. The van der Waals surface area contributed by atoms with Crippen LogP contribution < -0.4 is 5.32 Å². The molecule has 2 rings (SSSR count). The maximum absolute atomic E-state index is 12.9. The summed E-state index contributed by atoms with van der Waals surface area (Å²) in [6.45, 7) is 3.36. The number of carbonyl (C=O) groups excluding carboxylic acids is 3. The average molecular weight is 433 g/mol. The van der Waals surface area contributed by atoms with Crippen molar-refractivity contribution >= 4 is 34.9 Å². The predicted molar refractivity (Wildman–Crippen MR) is 111 cm³/mol. The number of rotatable bonds is 9. The Labute approximate surface area is 178 Å². The van der Waals surface area contributed by atoms with Crippen LogP contribution in [0.25, 0.3) is 0 Å². The third-order valence-electron chi connectivity index (χ3n) is 4.26. The molecule has 158 valence electrons. The summed E-state index contributed by atoms with van der Waals surface area (Å²) < 4.78 is 5.04. The first-order valence-corrected chi connectivity index (χ1v) is 9.66. The Morgan fingerprint density at radius 2 is 1.83 bits per heavy atom. The Balaban J connectivity index is 2.18. The molecule has 2 aromatic carbocycles. The van der Waals surface area contributed by atoms with Gasteiger partial charge in [-0.3, -0.25) is 19.7 Å². The van der Waals surface area contributed by atoms with Gasteiger partial charge in [0.25, 0.3) is 11.6 Å². The van der Waals surface area contributed by atoms with Crippen molar-refractivity contribution in [2.75, 3.05) is 6.61 Å². The van der Waals surface area contributed by atoms with Crippen LogP contribution in [0.15, 0.2) is 42.5 Å². The number of hydrogen-bond donors (Lipinski definition) is 1. The minimum absolute atomic E-state index is 0.00104. The number of nitrogens with zero attached hydrogens (tertiary/aromatic N) is 1. The first-order chi connectivity index (χ1) is 14.2. The smallest absolute Gasteiger partial charge is 0.339 e.